The standard InChI is InChI=1S/C41H81NO2/c1-5-8-10-12-14-16-18-20-22-24-26-28-30-32-34-36-39-43-41(42(4)38-7-3)44-40-37-35-33-31-29-27-25-23-21-19-17-15-13-11-9-6-2/h20-23,41H,5-19,24-40H2,1-4H3/b22-20-,23-21-. The van der Waals surface area contributed by atoms with Crippen LogP contribution in [0.25, 0.3) is 0 Å². The minimum Gasteiger partial charge on any atom is -0.340 e. The van der Waals surface area contributed by atoms with E-state index >= 15 is 0 Å². The zero-order valence-corrected chi connectivity index (χ0v) is 30.8. The van der Waals surface area contributed by atoms with E-state index in [0.717, 1.165) is 39.0 Å². The summed E-state index contributed by atoms with van der Waals surface area (Å²) in [6.07, 6.45) is 48.1. The molecule has 0 N–H and O–H groups in total. The minimum atomic E-state index is -0.179. The lowest BCUT2D eigenvalue weighted by Crippen LogP contribution is -2.37. The predicted octanol–water partition coefficient (Wildman–Crippen LogP) is 13.7. The van der Waals surface area contributed by atoms with Crippen molar-refractivity contribution < 1.29 is 9.47 Å². The summed E-state index contributed by atoms with van der Waals surface area (Å²) in [6.45, 7) is 9.45. The number of rotatable bonds is 37. The topological polar surface area (TPSA) is 21.7 Å². The molecule has 0 aromatic heterocycles. The van der Waals surface area contributed by atoms with Crippen molar-refractivity contribution in [2.75, 3.05) is 26.8 Å². The molecule has 0 radical (unpaired) electrons. The molecule has 44 heavy (non-hydrogen) atoms. The van der Waals surface area contributed by atoms with Crippen molar-refractivity contribution in [3.05, 3.63) is 24.3 Å². The number of unbranched alkanes of at least 4 members (excludes halogenated alkanes) is 24. The van der Waals surface area contributed by atoms with Crippen LogP contribution in [0.2, 0.25) is 0 Å². The summed E-state index contributed by atoms with van der Waals surface area (Å²) in [7, 11) is 2.14. The average molecular weight is 620 g/mol. The zero-order valence-electron chi connectivity index (χ0n) is 30.8. The van der Waals surface area contributed by atoms with Crippen LogP contribution in [-0.2, 0) is 9.47 Å². The van der Waals surface area contributed by atoms with Gasteiger partial charge in [-0.2, -0.15) is 0 Å². The van der Waals surface area contributed by atoms with E-state index in [1.165, 1.54) is 167 Å². The number of ether oxygens (including phenoxy) is 2. The lowest BCUT2D eigenvalue weighted by atomic mass is 10.1. The van der Waals surface area contributed by atoms with Crippen LogP contribution < -0.4 is 0 Å². The monoisotopic (exact) mass is 620 g/mol. The van der Waals surface area contributed by atoms with Gasteiger partial charge in [-0.05, 0) is 77.7 Å². The fraction of sp³-hybridized carbons (Fsp3) is 0.902. The second-order valence-electron chi connectivity index (χ2n) is 13.4. The average Bonchev–Trinajstić information content (AvgIpc) is 3.03. The van der Waals surface area contributed by atoms with E-state index in [4.69, 9.17) is 9.47 Å². The number of hydrogen-bond acceptors (Lipinski definition) is 3. The molecule has 0 heterocycles. The predicted molar refractivity (Wildman–Crippen MR) is 198 cm³/mol. The zero-order chi connectivity index (χ0) is 32.0. The Bertz CT molecular complexity index is 531. The van der Waals surface area contributed by atoms with Gasteiger partial charge < -0.3 is 9.47 Å². The Morgan fingerprint density at radius 3 is 1.00 bits per heavy atom. The van der Waals surface area contributed by atoms with Crippen molar-refractivity contribution in [3.63, 3.8) is 0 Å². The molecule has 3 nitrogen and oxygen atoms in total. The van der Waals surface area contributed by atoms with Crippen LogP contribution >= 0.6 is 0 Å². The van der Waals surface area contributed by atoms with E-state index in [9.17, 15) is 0 Å². The van der Waals surface area contributed by atoms with Gasteiger partial charge in [-0.15, -0.1) is 0 Å². The van der Waals surface area contributed by atoms with Crippen LogP contribution in [0.3, 0.4) is 0 Å². The summed E-state index contributed by atoms with van der Waals surface area (Å²) in [5, 5.41) is 0. The van der Waals surface area contributed by atoms with Gasteiger partial charge in [-0.25, -0.2) is 0 Å². The molecule has 0 amide bonds. The molecule has 0 aliphatic carbocycles. The van der Waals surface area contributed by atoms with Gasteiger partial charge >= 0.3 is 0 Å². The largest absolute Gasteiger partial charge is 0.340 e. The molecular formula is C41H81NO2. The summed E-state index contributed by atoms with van der Waals surface area (Å²) in [5.41, 5.74) is 0. The Morgan fingerprint density at radius 2 is 0.682 bits per heavy atom. The van der Waals surface area contributed by atoms with E-state index in [0.29, 0.717) is 0 Å². The molecule has 0 aliphatic heterocycles. The van der Waals surface area contributed by atoms with Crippen LogP contribution in [0.4, 0.5) is 0 Å². The molecule has 0 aromatic carbocycles. The molecule has 0 aliphatic rings. The Morgan fingerprint density at radius 1 is 0.386 bits per heavy atom. The molecular weight excluding hydrogens is 538 g/mol. The van der Waals surface area contributed by atoms with Gasteiger partial charge in [0.15, 0.2) is 0 Å². The first-order valence-corrected chi connectivity index (χ1v) is 20.0. The Balaban J connectivity index is 3.64. The molecule has 0 atom stereocenters. The van der Waals surface area contributed by atoms with E-state index in [-0.39, 0.29) is 6.41 Å². The first-order chi connectivity index (χ1) is 21.8. The van der Waals surface area contributed by atoms with Gasteiger partial charge in [0.05, 0.1) is 13.2 Å². The van der Waals surface area contributed by atoms with Gasteiger partial charge in [0.25, 0.3) is 0 Å². The molecule has 3 heteroatoms. The second-order valence-corrected chi connectivity index (χ2v) is 13.4. The number of allylic oxidation sites excluding steroid dienone is 4. The summed E-state index contributed by atoms with van der Waals surface area (Å²) < 4.78 is 12.4. The Hall–Kier alpha value is -0.640. The number of nitrogens with zero attached hydrogens (tertiary/aromatic N) is 1. The van der Waals surface area contributed by atoms with Gasteiger partial charge in [0, 0.05) is 6.54 Å². The van der Waals surface area contributed by atoms with Crippen LogP contribution in [0.1, 0.15) is 207 Å². The molecule has 262 valence electrons. The molecule has 0 aromatic rings. The molecule has 0 saturated heterocycles. The smallest absolute Gasteiger partial charge is 0.218 e. The molecule has 0 saturated carbocycles. The fourth-order valence-corrected chi connectivity index (χ4v) is 5.83. The van der Waals surface area contributed by atoms with Crippen molar-refractivity contribution in [2.24, 2.45) is 0 Å². The molecule has 0 rings (SSSR count). The summed E-state index contributed by atoms with van der Waals surface area (Å²) in [5.74, 6) is 0. The third-order valence-electron chi connectivity index (χ3n) is 8.77. The van der Waals surface area contributed by atoms with Crippen molar-refractivity contribution in [1.82, 2.24) is 4.90 Å². The summed E-state index contributed by atoms with van der Waals surface area (Å²) in [6, 6.07) is 0. The van der Waals surface area contributed by atoms with Crippen molar-refractivity contribution in [2.45, 2.75) is 213 Å². The minimum absolute atomic E-state index is 0.179. The molecule has 0 fully saturated rings. The van der Waals surface area contributed by atoms with Gasteiger partial charge in [-0.1, -0.05) is 161 Å². The van der Waals surface area contributed by atoms with E-state index in [1.807, 2.05) is 0 Å². The Kier molecular flexibility index (Phi) is 38.0. The van der Waals surface area contributed by atoms with Gasteiger partial charge in [0.2, 0.25) is 6.41 Å². The lowest BCUT2D eigenvalue weighted by Gasteiger charge is -2.27. The maximum Gasteiger partial charge on any atom is 0.218 e. The fourth-order valence-electron chi connectivity index (χ4n) is 5.83. The van der Waals surface area contributed by atoms with Crippen LogP contribution in [0, 0.1) is 0 Å². The highest BCUT2D eigenvalue weighted by Crippen LogP contribution is 2.13. The van der Waals surface area contributed by atoms with E-state index in [2.05, 4.69) is 57.0 Å². The highest BCUT2D eigenvalue weighted by Gasteiger charge is 2.14. The van der Waals surface area contributed by atoms with Gasteiger partial charge in [-0.3, -0.25) is 4.90 Å². The Labute approximate surface area is 278 Å². The maximum atomic E-state index is 6.19. The second kappa shape index (κ2) is 38.5. The van der Waals surface area contributed by atoms with Gasteiger partial charge in [0.1, 0.15) is 0 Å². The van der Waals surface area contributed by atoms with Crippen LogP contribution in [0.5, 0.6) is 0 Å². The third-order valence-corrected chi connectivity index (χ3v) is 8.77. The highest BCUT2D eigenvalue weighted by atomic mass is 16.7. The molecule has 0 spiro atoms. The maximum absolute atomic E-state index is 6.19. The van der Waals surface area contributed by atoms with Crippen LogP contribution in [0.15, 0.2) is 24.3 Å². The third kappa shape index (κ3) is 34.2. The van der Waals surface area contributed by atoms with Crippen molar-refractivity contribution >= 4 is 0 Å². The summed E-state index contributed by atoms with van der Waals surface area (Å²) >= 11 is 0. The number of hydrogen-bond donors (Lipinski definition) is 0. The lowest BCUT2D eigenvalue weighted by molar-refractivity contribution is -0.218. The summed E-state index contributed by atoms with van der Waals surface area (Å²) in [4.78, 5) is 2.24. The molecule has 0 unspecified atom stereocenters. The highest BCUT2D eigenvalue weighted by molar-refractivity contribution is 4.82. The van der Waals surface area contributed by atoms with Crippen LogP contribution in [-0.4, -0.2) is 38.1 Å². The normalized spacial score (nSPS) is 12.2. The van der Waals surface area contributed by atoms with Crippen molar-refractivity contribution in [3.8, 4) is 0 Å². The SMILES string of the molecule is CCCCCCCC/C=C\CCCCCCCCOC(OCCCCCCCC/C=C\CCCCCCCC)N(C)CCC. The van der Waals surface area contributed by atoms with E-state index < -0.39 is 0 Å². The quantitative estimate of drug-likeness (QED) is 0.0392. The first-order valence-electron chi connectivity index (χ1n) is 20.0. The van der Waals surface area contributed by atoms with E-state index in [1.54, 1.807) is 0 Å². The first kappa shape index (κ1) is 43.4. The molecule has 0 bridgehead atoms. The van der Waals surface area contributed by atoms with Crippen molar-refractivity contribution in [1.29, 1.82) is 0 Å².